The van der Waals surface area contributed by atoms with E-state index in [9.17, 15) is 9.59 Å². The Morgan fingerprint density at radius 1 is 1.05 bits per heavy atom. The Morgan fingerprint density at radius 2 is 1.86 bits per heavy atom. The molecule has 22 heavy (non-hydrogen) atoms. The van der Waals surface area contributed by atoms with Crippen LogP contribution in [0.2, 0.25) is 0 Å². The predicted molar refractivity (Wildman–Crippen MR) is 80.2 cm³/mol. The maximum absolute atomic E-state index is 12.2. The number of Topliss-reactive ketones (excluding diaryl/α,β-unsaturated/α-hetero) is 2. The summed E-state index contributed by atoms with van der Waals surface area (Å²) in [5.41, 5.74) is 2.20. The van der Waals surface area contributed by atoms with Crippen LogP contribution in [0.3, 0.4) is 0 Å². The third kappa shape index (κ3) is 3.19. The van der Waals surface area contributed by atoms with Crippen molar-refractivity contribution in [2.24, 2.45) is 0 Å². The maximum Gasteiger partial charge on any atom is 0.164 e. The topological polar surface area (TPSA) is 69.2 Å². The van der Waals surface area contributed by atoms with Gasteiger partial charge in [-0.25, -0.2) is 0 Å². The standard InChI is InChI=1S/C17H16N2O3/c20-15(4-5-16(21)14-7-8-18-19-11-14)12-3-6-17-13(10-12)2-1-9-22-17/h3,6-8,10-11H,1-2,4-5,9H2. The minimum Gasteiger partial charge on any atom is -0.493 e. The van der Waals surface area contributed by atoms with Crippen LogP contribution in [-0.4, -0.2) is 28.4 Å². The molecule has 0 amide bonds. The lowest BCUT2D eigenvalue weighted by Crippen LogP contribution is -2.10. The highest BCUT2D eigenvalue weighted by Gasteiger charge is 2.15. The van der Waals surface area contributed by atoms with Gasteiger partial charge in [0.15, 0.2) is 11.6 Å². The number of hydrogen-bond donors (Lipinski definition) is 0. The molecule has 0 N–H and O–H groups in total. The van der Waals surface area contributed by atoms with Crippen molar-refractivity contribution < 1.29 is 14.3 Å². The van der Waals surface area contributed by atoms with Crippen LogP contribution < -0.4 is 4.74 Å². The van der Waals surface area contributed by atoms with E-state index in [0.29, 0.717) is 11.1 Å². The molecule has 1 aliphatic rings. The normalized spacial score (nSPS) is 13.1. The third-order valence-corrected chi connectivity index (χ3v) is 3.72. The number of ketones is 2. The van der Waals surface area contributed by atoms with Crippen molar-refractivity contribution in [3.63, 3.8) is 0 Å². The molecule has 2 heterocycles. The number of benzene rings is 1. The first-order valence-corrected chi connectivity index (χ1v) is 7.33. The predicted octanol–water partition coefficient (Wildman–Crippen LogP) is 2.65. The van der Waals surface area contributed by atoms with Gasteiger partial charge in [-0.3, -0.25) is 9.59 Å². The van der Waals surface area contributed by atoms with E-state index in [1.165, 1.54) is 12.4 Å². The van der Waals surface area contributed by atoms with Crippen LogP contribution in [0.4, 0.5) is 0 Å². The molecule has 2 aromatic rings. The van der Waals surface area contributed by atoms with Gasteiger partial charge in [0.05, 0.1) is 19.0 Å². The van der Waals surface area contributed by atoms with E-state index in [0.717, 1.165) is 30.8 Å². The van der Waals surface area contributed by atoms with Crippen molar-refractivity contribution in [1.29, 1.82) is 0 Å². The zero-order valence-corrected chi connectivity index (χ0v) is 12.1. The van der Waals surface area contributed by atoms with Gasteiger partial charge in [-0.1, -0.05) is 0 Å². The maximum atomic E-state index is 12.2. The van der Waals surface area contributed by atoms with Gasteiger partial charge in [0, 0.05) is 24.0 Å². The highest BCUT2D eigenvalue weighted by molar-refractivity contribution is 6.02. The summed E-state index contributed by atoms with van der Waals surface area (Å²) in [4.78, 5) is 24.2. The van der Waals surface area contributed by atoms with E-state index in [4.69, 9.17) is 4.74 Å². The Balaban J connectivity index is 1.64. The highest BCUT2D eigenvalue weighted by Crippen LogP contribution is 2.26. The van der Waals surface area contributed by atoms with Gasteiger partial charge in [-0.2, -0.15) is 10.2 Å². The van der Waals surface area contributed by atoms with E-state index in [1.807, 2.05) is 12.1 Å². The highest BCUT2D eigenvalue weighted by atomic mass is 16.5. The summed E-state index contributed by atoms with van der Waals surface area (Å²) in [6.45, 7) is 0.731. The van der Waals surface area contributed by atoms with Crippen LogP contribution in [0.1, 0.15) is 45.5 Å². The number of nitrogens with zero attached hydrogens (tertiary/aromatic N) is 2. The minimum absolute atomic E-state index is 0.0243. The fourth-order valence-electron chi connectivity index (χ4n) is 2.51. The summed E-state index contributed by atoms with van der Waals surface area (Å²) >= 11 is 0. The molecule has 0 saturated carbocycles. The molecular formula is C17H16N2O3. The average Bonchev–Trinajstić information content (AvgIpc) is 2.59. The van der Waals surface area contributed by atoms with Crippen molar-refractivity contribution >= 4 is 11.6 Å². The second-order valence-electron chi connectivity index (χ2n) is 5.25. The second kappa shape index (κ2) is 6.47. The quantitative estimate of drug-likeness (QED) is 0.793. The molecule has 0 aliphatic carbocycles. The number of hydrogen-bond acceptors (Lipinski definition) is 5. The van der Waals surface area contributed by atoms with Crippen LogP contribution in [-0.2, 0) is 6.42 Å². The van der Waals surface area contributed by atoms with Gasteiger partial charge >= 0.3 is 0 Å². The lowest BCUT2D eigenvalue weighted by atomic mass is 9.98. The largest absolute Gasteiger partial charge is 0.493 e. The van der Waals surface area contributed by atoms with Gasteiger partial charge in [0.1, 0.15) is 5.75 Å². The van der Waals surface area contributed by atoms with Gasteiger partial charge in [0.25, 0.3) is 0 Å². The summed E-state index contributed by atoms with van der Waals surface area (Å²) in [5, 5.41) is 7.30. The number of aryl methyl sites for hydroxylation is 1. The zero-order valence-electron chi connectivity index (χ0n) is 12.1. The molecule has 1 aromatic heterocycles. The number of aromatic nitrogens is 2. The van der Waals surface area contributed by atoms with Crippen LogP contribution in [0.15, 0.2) is 36.7 Å². The lowest BCUT2D eigenvalue weighted by Gasteiger charge is -2.17. The molecule has 0 spiro atoms. The monoisotopic (exact) mass is 296 g/mol. The third-order valence-electron chi connectivity index (χ3n) is 3.72. The number of rotatable bonds is 5. The van der Waals surface area contributed by atoms with E-state index >= 15 is 0 Å². The molecular weight excluding hydrogens is 280 g/mol. The van der Waals surface area contributed by atoms with Crippen LogP contribution >= 0.6 is 0 Å². The van der Waals surface area contributed by atoms with E-state index in [1.54, 1.807) is 12.1 Å². The summed E-state index contributed by atoms with van der Waals surface area (Å²) in [7, 11) is 0. The van der Waals surface area contributed by atoms with Crippen molar-refractivity contribution in [2.45, 2.75) is 25.7 Å². The van der Waals surface area contributed by atoms with Crippen LogP contribution in [0.25, 0.3) is 0 Å². The van der Waals surface area contributed by atoms with E-state index in [2.05, 4.69) is 10.2 Å². The first kappa shape index (κ1) is 14.4. The van der Waals surface area contributed by atoms with Crippen LogP contribution in [0.5, 0.6) is 5.75 Å². The summed E-state index contributed by atoms with van der Waals surface area (Å²) in [6.07, 6.45) is 5.16. The van der Waals surface area contributed by atoms with Crippen molar-refractivity contribution in [2.75, 3.05) is 6.61 Å². The van der Waals surface area contributed by atoms with Crippen molar-refractivity contribution in [1.82, 2.24) is 10.2 Å². The Morgan fingerprint density at radius 3 is 2.64 bits per heavy atom. The molecule has 0 saturated heterocycles. The number of carbonyl (C=O) groups is 2. The molecule has 1 aliphatic heterocycles. The number of carbonyl (C=O) groups excluding carboxylic acids is 2. The summed E-state index contributed by atoms with van der Waals surface area (Å²) in [6, 6.07) is 7.10. The number of ether oxygens (including phenoxy) is 1. The molecule has 1 aromatic carbocycles. The molecule has 0 radical (unpaired) electrons. The molecule has 0 bridgehead atoms. The molecule has 112 valence electrons. The van der Waals surface area contributed by atoms with Crippen molar-refractivity contribution in [3.8, 4) is 5.75 Å². The Labute approximate surface area is 128 Å². The molecule has 0 unspecified atom stereocenters. The van der Waals surface area contributed by atoms with Gasteiger partial charge in [0.2, 0.25) is 0 Å². The van der Waals surface area contributed by atoms with Gasteiger partial charge in [-0.15, -0.1) is 0 Å². The lowest BCUT2D eigenvalue weighted by molar-refractivity contribution is 0.0917. The number of fused-ring (bicyclic) bond motifs is 1. The minimum atomic E-state index is -0.0930. The zero-order chi connectivity index (χ0) is 15.4. The molecule has 0 fully saturated rings. The molecule has 3 rings (SSSR count). The smallest absolute Gasteiger partial charge is 0.164 e. The van der Waals surface area contributed by atoms with E-state index < -0.39 is 0 Å². The fraction of sp³-hybridized carbons (Fsp3) is 0.294. The van der Waals surface area contributed by atoms with E-state index in [-0.39, 0.29) is 24.4 Å². The first-order chi connectivity index (χ1) is 10.7. The Hall–Kier alpha value is -2.56. The SMILES string of the molecule is O=C(CCC(=O)c1ccc2c(c1)CCCO2)c1ccnnc1. The van der Waals surface area contributed by atoms with Gasteiger partial charge in [-0.05, 0) is 42.7 Å². The summed E-state index contributed by atoms with van der Waals surface area (Å²) < 4.78 is 5.54. The second-order valence-corrected chi connectivity index (χ2v) is 5.25. The Bertz CT molecular complexity index is 698. The molecule has 0 atom stereocenters. The van der Waals surface area contributed by atoms with Crippen LogP contribution in [0, 0.1) is 0 Å². The average molecular weight is 296 g/mol. The molecule has 5 heteroatoms. The van der Waals surface area contributed by atoms with Gasteiger partial charge < -0.3 is 4.74 Å². The van der Waals surface area contributed by atoms with Crippen molar-refractivity contribution in [3.05, 3.63) is 53.3 Å². The molecule has 5 nitrogen and oxygen atoms in total. The summed E-state index contributed by atoms with van der Waals surface area (Å²) in [5.74, 6) is 0.745. The first-order valence-electron chi connectivity index (χ1n) is 7.33. The fourth-order valence-corrected chi connectivity index (χ4v) is 2.51. The Kier molecular flexibility index (Phi) is 4.23.